The number of hydrogen-bond acceptors (Lipinski definition) is 5. The maximum atomic E-state index is 13.1. The average molecular weight is 421 g/mol. The summed E-state index contributed by atoms with van der Waals surface area (Å²) >= 11 is 1.14. The van der Waals surface area contributed by atoms with Crippen molar-refractivity contribution < 1.29 is 18.0 Å². The Hall–Kier alpha value is -2.19. The molecule has 6 nitrogen and oxygen atoms in total. The van der Waals surface area contributed by atoms with Gasteiger partial charge in [0.05, 0.1) is 0 Å². The Morgan fingerprint density at radius 2 is 1.71 bits per heavy atom. The Kier molecular flexibility index (Phi) is 6.85. The lowest BCUT2D eigenvalue weighted by Gasteiger charge is -2.23. The molecule has 0 unspecified atom stereocenters. The van der Waals surface area contributed by atoms with Gasteiger partial charge in [0.1, 0.15) is 9.46 Å². The Morgan fingerprint density at radius 3 is 2.36 bits per heavy atom. The van der Waals surface area contributed by atoms with Crippen LogP contribution >= 0.6 is 11.3 Å². The molecule has 1 aromatic carbocycles. The van der Waals surface area contributed by atoms with Crippen molar-refractivity contribution in [2.45, 2.75) is 47.6 Å². The second-order valence-electron chi connectivity index (χ2n) is 6.89. The summed E-state index contributed by atoms with van der Waals surface area (Å²) in [7, 11) is -3.69. The normalized spacial score (nSPS) is 16.3. The van der Waals surface area contributed by atoms with Crippen molar-refractivity contribution in [3.63, 3.8) is 0 Å². The maximum Gasteiger partial charge on any atom is 0.309 e. The maximum absolute atomic E-state index is 13.1. The van der Waals surface area contributed by atoms with Crippen LogP contribution < -0.4 is 10.6 Å². The molecule has 1 aromatic heterocycles. The molecule has 0 spiro atoms. The predicted octanol–water partition coefficient (Wildman–Crippen LogP) is 2.83. The smallest absolute Gasteiger partial charge is 0.309 e. The number of amides is 2. The molecule has 1 aliphatic rings. The second kappa shape index (κ2) is 9.34. The Balaban J connectivity index is 1.70. The van der Waals surface area contributed by atoms with Crippen molar-refractivity contribution in [2.24, 2.45) is 0 Å². The van der Waals surface area contributed by atoms with Crippen LogP contribution in [0.15, 0.2) is 52.1 Å². The van der Waals surface area contributed by atoms with E-state index in [1.807, 2.05) is 0 Å². The van der Waals surface area contributed by atoms with Gasteiger partial charge in [-0.1, -0.05) is 55.7 Å². The molecule has 150 valence electrons. The van der Waals surface area contributed by atoms with E-state index in [0.29, 0.717) is 5.56 Å². The van der Waals surface area contributed by atoms with Crippen molar-refractivity contribution in [1.29, 1.82) is 0 Å². The van der Waals surface area contributed by atoms with E-state index in [2.05, 4.69) is 10.6 Å². The molecule has 1 saturated carbocycles. The fourth-order valence-corrected chi connectivity index (χ4v) is 6.27. The zero-order chi connectivity index (χ0) is 20.0. The first-order chi connectivity index (χ1) is 13.5. The molecule has 3 rings (SSSR count). The summed E-state index contributed by atoms with van der Waals surface area (Å²) in [6.45, 7) is -0.166. The number of benzene rings is 1. The van der Waals surface area contributed by atoms with Crippen LogP contribution in [-0.2, 0) is 19.4 Å². The van der Waals surface area contributed by atoms with Gasteiger partial charge in [-0.2, -0.15) is 0 Å². The van der Waals surface area contributed by atoms with Gasteiger partial charge in [-0.3, -0.25) is 9.59 Å². The van der Waals surface area contributed by atoms with Gasteiger partial charge in [0.15, 0.2) is 9.84 Å². The highest BCUT2D eigenvalue weighted by Gasteiger charge is 2.31. The number of rotatable bonds is 6. The van der Waals surface area contributed by atoms with Gasteiger partial charge in [0, 0.05) is 12.6 Å². The zero-order valence-electron chi connectivity index (χ0n) is 15.5. The van der Waals surface area contributed by atoms with Crippen LogP contribution in [0, 0.1) is 0 Å². The highest BCUT2D eigenvalue weighted by atomic mass is 32.2. The van der Waals surface area contributed by atoms with Gasteiger partial charge in [0.25, 0.3) is 0 Å². The third-order valence-electron chi connectivity index (χ3n) is 4.92. The first-order valence-corrected chi connectivity index (χ1v) is 11.8. The van der Waals surface area contributed by atoms with Crippen LogP contribution in [0.5, 0.6) is 0 Å². The Morgan fingerprint density at radius 1 is 1.00 bits per heavy atom. The van der Waals surface area contributed by atoms with Crippen LogP contribution in [-0.4, -0.2) is 32.8 Å². The molecule has 0 aliphatic heterocycles. The Labute approximate surface area is 169 Å². The lowest BCUT2D eigenvalue weighted by Crippen LogP contribution is -2.46. The summed E-state index contributed by atoms with van der Waals surface area (Å²) in [6.07, 6.45) is 4.98. The minimum absolute atomic E-state index is 0.0202. The number of carbonyl (C=O) groups excluding carboxylic acids is 2. The zero-order valence-corrected chi connectivity index (χ0v) is 17.1. The lowest BCUT2D eigenvalue weighted by atomic mass is 9.95. The lowest BCUT2D eigenvalue weighted by molar-refractivity contribution is -0.139. The van der Waals surface area contributed by atoms with Crippen LogP contribution in [0.3, 0.4) is 0 Å². The summed E-state index contributed by atoms with van der Waals surface area (Å²) in [4.78, 5) is 24.4. The summed E-state index contributed by atoms with van der Waals surface area (Å²) in [5.74, 6) is -1.50. The number of sulfone groups is 1. The molecule has 2 amide bonds. The largest absolute Gasteiger partial charge is 0.346 e. The van der Waals surface area contributed by atoms with Gasteiger partial charge in [-0.25, -0.2) is 8.42 Å². The van der Waals surface area contributed by atoms with E-state index in [1.54, 1.807) is 47.8 Å². The van der Waals surface area contributed by atoms with E-state index >= 15 is 0 Å². The fourth-order valence-electron chi connectivity index (χ4n) is 3.40. The van der Waals surface area contributed by atoms with Crippen molar-refractivity contribution in [3.8, 4) is 0 Å². The van der Waals surface area contributed by atoms with E-state index in [1.165, 1.54) is 0 Å². The van der Waals surface area contributed by atoms with E-state index in [0.717, 1.165) is 43.4 Å². The van der Waals surface area contributed by atoms with E-state index in [9.17, 15) is 18.0 Å². The van der Waals surface area contributed by atoms with Crippen molar-refractivity contribution in [3.05, 3.63) is 53.4 Å². The highest BCUT2D eigenvalue weighted by Crippen LogP contribution is 2.31. The van der Waals surface area contributed by atoms with Crippen LogP contribution in [0.1, 0.15) is 42.9 Å². The van der Waals surface area contributed by atoms with Gasteiger partial charge in [-0.05, 0) is 29.9 Å². The second-order valence-corrected chi connectivity index (χ2v) is 10.2. The minimum atomic E-state index is -3.69. The first kappa shape index (κ1) is 20.5. The molecule has 0 saturated heterocycles. The Bertz CT molecular complexity index is 890. The highest BCUT2D eigenvalue weighted by molar-refractivity contribution is 7.93. The van der Waals surface area contributed by atoms with Crippen molar-refractivity contribution in [1.82, 2.24) is 10.6 Å². The molecule has 1 aliphatic carbocycles. The summed E-state index contributed by atoms with van der Waals surface area (Å²) in [5, 5.41) is 6.00. The predicted molar refractivity (Wildman–Crippen MR) is 109 cm³/mol. The van der Waals surface area contributed by atoms with Crippen molar-refractivity contribution in [2.75, 3.05) is 6.54 Å². The monoisotopic (exact) mass is 420 g/mol. The summed E-state index contributed by atoms with van der Waals surface area (Å²) < 4.78 is 26.3. The molecular weight excluding hydrogens is 396 g/mol. The topological polar surface area (TPSA) is 92.3 Å². The number of hydrogen-bond donors (Lipinski definition) is 2. The molecule has 2 N–H and O–H groups in total. The minimum Gasteiger partial charge on any atom is -0.346 e. The number of carbonyl (C=O) groups is 2. The van der Waals surface area contributed by atoms with Crippen LogP contribution in [0.25, 0.3) is 0 Å². The van der Waals surface area contributed by atoms with E-state index in [4.69, 9.17) is 0 Å². The number of nitrogens with one attached hydrogen (secondary N) is 2. The third kappa shape index (κ3) is 4.99. The summed E-state index contributed by atoms with van der Waals surface area (Å²) in [5.41, 5.74) is 0.573. The quantitative estimate of drug-likeness (QED) is 0.703. The number of thiophene rings is 1. The first-order valence-electron chi connectivity index (χ1n) is 9.39. The van der Waals surface area contributed by atoms with Gasteiger partial charge < -0.3 is 10.6 Å². The molecule has 0 radical (unpaired) electrons. The molecule has 28 heavy (non-hydrogen) atoms. The molecule has 0 bridgehead atoms. The molecule has 1 atom stereocenters. The van der Waals surface area contributed by atoms with Gasteiger partial charge in [-0.15, -0.1) is 11.3 Å². The molecule has 1 fully saturated rings. The van der Waals surface area contributed by atoms with Crippen LogP contribution in [0.4, 0.5) is 0 Å². The summed E-state index contributed by atoms with van der Waals surface area (Å²) in [6, 6.07) is 12.0. The van der Waals surface area contributed by atoms with Crippen LogP contribution in [0.2, 0.25) is 0 Å². The van der Waals surface area contributed by atoms with Gasteiger partial charge >= 0.3 is 11.8 Å². The molecule has 1 heterocycles. The standard InChI is InChI=1S/C20H24N2O4S2/c23-19(20(24)22-16-10-5-2-6-11-16)21-14-17(15-8-3-1-4-9-15)28(25,26)18-12-7-13-27-18/h1,3-4,7-9,12-13,16-17H,2,5-6,10-11,14H2,(H,21,23)(H,22,24)/t17-/m0/s1. The van der Waals surface area contributed by atoms with Crippen molar-refractivity contribution >= 4 is 33.0 Å². The molecule has 2 aromatic rings. The SMILES string of the molecule is O=C(NC[C@@H](c1ccccc1)S(=O)(=O)c1cccs1)C(=O)NC1CCCCC1. The fraction of sp³-hybridized carbons (Fsp3) is 0.400. The van der Waals surface area contributed by atoms with E-state index in [-0.39, 0.29) is 16.8 Å². The van der Waals surface area contributed by atoms with E-state index < -0.39 is 26.9 Å². The molecule has 8 heteroatoms. The van der Waals surface area contributed by atoms with Gasteiger partial charge in [0.2, 0.25) is 0 Å². The third-order valence-corrected chi connectivity index (χ3v) is 8.45. The average Bonchev–Trinajstić information content (AvgIpc) is 3.25. The molecular formula is C20H24N2O4S2.